The summed E-state index contributed by atoms with van der Waals surface area (Å²) in [6, 6.07) is 0. The Bertz CT molecular complexity index is 423. The number of ether oxygens (including phenoxy) is 1. The predicted octanol–water partition coefficient (Wildman–Crippen LogP) is 0.918. The van der Waals surface area contributed by atoms with Crippen LogP contribution in [0.1, 0.15) is 0 Å². The summed E-state index contributed by atoms with van der Waals surface area (Å²) >= 11 is 0. The highest BCUT2D eigenvalue weighted by atomic mass is 16.5. The van der Waals surface area contributed by atoms with E-state index in [1.165, 1.54) is 6.33 Å². The average molecular weight is 176 g/mol. The molecule has 2 aromatic rings. The second-order valence-corrected chi connectivity index (χ2v) is 2.38. The van der Waals surface area contributed by atoms with Gasteiger partial charge in [0.25, 0.3) is 0 Å². The summed E-state index contributed by atoms with van der Waals surface area (Å²) < 4.78 is 5.28. The van der Waals surface area contributed by atoms with Crippen LogP contribution in [-0.4, -0.2) is 26.5 Å². The van der Waals surface area contributed by atoms with E-state index in [-0.39, 0.29) is 0 Å². The van der Waals surface area contributed by atoms with Gasteiger partial charge >= 0.3 is 0 Å². The van der Waals surface area contributed by atoms with Crippen molar-refractivity contribution in [2.75, 3.05) is 6.61 Å². The zero-order chi connectivity index (χ0) is 9.10. The molecule has 0 bridgehead atoms. The zero-order valence-electron chi connectivity index (χ0n) is 6.90. The number of fused-ring (bicyclic) bond motifs is 1. The number of hydrogen-bond acceptors (Lipinski definition) is 4. The fourth-order valence-corrected chi connectivity index (χ4v) is 0.986. The van der Waals surface area contributed by atoms with Gasteiger partial charge in [0.1, 0.15) is 12.9 Å². The third-order valence-corrected chi connectivity index (χ3v) is 1.52. The van der Waals surface area contributed by atoms with Crippen LogP contribution in [0.15, 0.2) is 25.3 Å². The zero-order valence-corrected chi connectivity index (χ0v) is 6.90. The van der Waals surface area contributed by atoms with Crippen LogP contribution in [0.3, 0.4) is 0 Å². The molecule has 0 radical (unpaired) electrons. The van der Waals surface area contributed by atoms with E-state index in [4.69, 9.17) is 4.74 Å². The highest BCUT2D eigenvalue weighted by Gasteiger charge is 2.05. The minimum atomic E-state index is 0.416. The molecule has 0 amide bonds. The summed E-state index contributed by atoms with van der Waals surface area (Å²) in [4.78, 5) is 14.8. The lowest BCUT2D eigenvalue weighted by atomic mass is 10.5. The molecular weight excluding hydrogens is 168 g/mol. The Kier molecular flexibility index (Phi) is 1.91. The first-order chi connectivity index (χ1) is 6.42. The minimum absolute atomic E-state index is 0.416. The van der Waals surface area contributed by atoms with Crippen LogP contribution in [0.25, 0.3) is 11.2 Å². The molecule has 13 heavy (non-hydrogen) atoms. The number of rotatable bonds is 3. The van der Waals surface area contributed by atoms with E-state index in [9.17, 15) is 0 Å². The molecule has 5 heteroatoms. The highest BCUT2D eigenvalue weighted by molar-refractivity contribution is 5.74. The number of nitrogens with zero attached hydrogens (tertiary/aromatic N) is 3. The van der Waals surface area contributed by atoms with Gasteiger partial charge in [-0.1, -0.05) is 12.7 Å². The van der Waals surface area contributed by atoms with Crippen LogP contribution < -0.4 is 4.74 Å². The van der Waals surface area contributed by atoms with Gasteiger partial charge in [-0.25, -0.2) is 9.97 Å². The highest BCUT2D eigenvalue weighted by Crippen LogP contribution is 2.16. The van der Waals surface area contributed by atoms with Gasteiger partial charge in [-0.05, 0) is 0 Å². The molecule has 0 unspecified atom stereocenters. The second-order valence-electron chi connectivity index (χ2n) is 2.38. The van der Waals surface area contributed by atoms with Crippen molar-refractivity contribution in [2.24, 2.45) is 0 Å². The summed E-state index contributed by atoms with van der Waals surface area (Å²) in [7, 11) is 0. The third-order valence-electron chi connectivity index (χ3n) is 1.52. The molecule has 5 nitrogen and oxygen atoms in total. The normalized spacial score (nSPS) is 10.2. The van der Waals surface area contributed by atoms with Crippen molar-refractivity contribution >= 4 is 11.2 Å². The van der Waals surface area contributed by atoms with Crippen molar-refractivity contribution in [1.29, 1.82) is 0 Å². The topological polar surface area (TPSA) is 63.7 Å². The fraction of sp³-hybridized carbons (Fsp3) is 0.125. The predicted molar refractivity (Wildman–Crippen MR) is 47.4 cm³/mol. The van der Waals surface area contributed by atoms with Gasteiger partial charge in [0.2, 0.25) is 5.88 Å². The molecule has 1 N–H and O–H groups in total. The van der Waals surface area contributed by atoms with Crippen LogP contribution in [-0.2, 0) is 0 Å². The molecule has 0 aliphatic heterocycles. The van der Waals surface area contributed by atoms with E-state index >= 15 is 0 Å². The average Bonchev–Trinajstić information content (AvgIpc) is 2.62. The third kappa shape index (κ3) is 1.35. The van der Waals surface area contributed by atoms with Crippen molar-refractivity contribution in [2.45, 2.75) is 0 Å². The van der Waals surface area contributed by atoms with E-state index < -0.39 is 0 Å². The maximum Gasteiger partial charge on any atom is 0.245 e. The summed E-state index contributed by atoms with van der Waals surface area (Å²) in [6.07, 6.45) is 4.64. The van der Waals surface area contributed by atoms with Crippen LogP contribution in [0.5, 0.6) is 5.88 Å². The number of imidazole rings is 1. The fourth-order valence-electron chi connectivity index (χ4n) is 0.986. The van der Waals surface area contributed by atoms with Gasteiger partial charge in [-0.15, -0.1) is 0 Å². The van der Waals surface area contributed by atoms with Crippen LogP contribution in [0.2, 0.25) is 0 Å². The van der Waals surface area contributed by atoms with E-state index in [1.807, 2.05) is 0 Å². The quantitative estimate of drug-likeness (QED) is 0.706. The molecule has 0 spiro atoms. The Labute approximate surface area is 74.5 Å². The second kappa shape index (κ2) is 3.22. The summed E-state index contributed by atoms with van der Waals surface area (Å²) in [5.41, 5.74) is 1.32. The maximum absolute atomic E-state index is 5.28. The molecule has 2 aromatic heterocycles. The van der Waals surface area contributed by atoms with E-state index in [0.717, 1.165) is 0 Å². The van der Waals surface area contributed by atoms with E-state index in [2.05, 4.69) is 26.5 Å². The Morgan fingerprint density at radius 1 is 1.46 bits per heavy atom. The number of hydrogen-bond donors (Lipinski definition) is 1. The number of aromatic amines is 1. The van der Waals surface area contributed by atoms with Crippen molar-refractivity contribution < 1.29 is 4.74 Å². The smallest absolute Gasteiger partial charge is 0.245 e. The van der Waals surface area contributed by atoms with Crippen molar-refractivity contribution in [1.82, 2.24) is 19.9 Å². The standard InChI is InChI=1S/C8H8N4O/c1-2-3-13-8-6-7(10-4-9-6)11-5-12-8/h2,4-5H,1,3H2,(H,9,10,11,12). The Balaban J connectivity index is 2.42. The molecule has 0 atom stereocenters. The Hall–Kier alpha value is -1.91. The van der Waals surface area contributed by atoms with Crippen LogP contribution in [0, 0.1) is 0 Å². The van der Waals surface area contributed by atoms with Gasteiger partial charge in [0.15, 0.2) is 11.2 Å². The minimum Gasteiger partial charge on any atom is -0.472 e. The molecule has 0 aliphatic rings. The van der Waals surface area contributed by atoms with Gasteiger partial charge in [0.05, 0.1) is 6.33 Å². The molecule has 0 aromatic carbocycles. The molecule has 0 saturated heterocycles. The Morgan fingerprint density at radius 3 is 3.23 bits per heavy atom. The monoisotopic (exact) mass is 176 g/mol. The molecule has 2 heterocycles. The summed E-state index contributed by atoms with van der Waals surface area (Å²) in [6.45, 7) is 3.96. The first kappa shape index (κ1) is 7.72. The summed E-state index contributed by atoms with van der Waals surface area (Å²) in [5, 5.41) is 0. The van der Waals surface area contributed by atoms with Crippen molar-refractivity contribution in [3.05, 3.63) is 25.3 Å². The van der Waals surface area contributed by atoms with E-state index in [1.54, 1.807) is 12.4 Å². The van der Waals surface area contributed by atoms with Crippen LogP contribution >= 0.6 is 0 Å². The maximum atomic E-state index is 5.28. The van der Waals surface area contributed by atoms with Crippen molar-refractivity contribution in [3.8, 4) is 5.88 Å². The molecule has 2 rings (SSSR count). The van der Waals surface area contributed by atoms with Gasteiger partial charge in [-0.3, -0.25) is 0 Å². The van der Waals surface area contributed by atoms with Gasteiger partial charge in [0, 0.05) is 0 Å². The lowest BCUT2D eigenvalue weighted by Gasteiger charge is -2.00. The lowest BCUT2D eigenvalue weighted by molar-refractivity contribution is 0.352. The molecule has 66 valence electrons. The lowest BCUT2D eigenvalue weighted by Crippen LogP contribution is -1.96. The van der Waals surface area contributed by atoms with Gasteiger partial charge in [-0.2, -0.15) is 4.98 Å². The molecule has 0 saturated carbocycles. The van der Waals surface area contributed by atoms with Gasteiger partial charge < -0.3 is 9.72 Å². The molecule has 0 aliphatic carbocycles. The first-order valence-corrected chi connectivity index (χ1v) is 3.79. The number of nitrogens with one attached hydrogen (secondary N) is 1. The Morgan fingerprint density at radius 2 is 2.38 bits per heavy atom. The number of H-pyrrole nitrogens is 1. The van der Waals surface area contributed by atoms with Crippen LogP contribution in [0.4, 0.5) is 0 Å². The molecule has 0 fully saturated rings. The largest absolute Gasteiger partial charge is 0.472 e. The SMILES string of the molecule is C=CCOc1ncnc2[nH]cnc12. The van der Waals surface area contributed by atoms with E-state index in [0.29, 0.717) is 23.7 Å². The number of aromatic nitrogens is 4. The first-order valence-electron chi connectivity index (χ1n) is 3.79. The van der Waals surface area contributed by atoms with Crippen molar-refractivity contribution in [3.63, 3.8) is 0 Å². The summed E-state index contributed by atoms with van der Waals surface area (Å²) in [5.74, 6) is 0.478. The molecular formula is C8H8N4O.